The first-order chi connectivity index (χ1) is 12.3. The summed E-state index contributed by atoms with van der Waals surface area (Å²) in [4.78, 5) is 15.8. The normalized spacial score (nSPS) is 11.9. The summed E-state index contributed by atoms with van der Waals surface area (Å²) < 4.78 is 50.7. The number of anilines is 1. The van der Waals surface area contributed by atoms with Crippen LogP contribution in [-0.4, -0.2) is 16.7 Å². The highest BCUT2D eigenvalue weighted by molar-refractivity contribution is 9.10. The number of ether oxygens (including phenoxy) is 2. The number of hydrogen-bond acceptors (Lipinski definition) is 4. The molecule has 1 N–H and O–H groups in total. The van der Waals surface area contributed by atoms with Gasteiger partial charge < -0.3 is 9.47 Å². The number of amides is 1. The molecule has 5 nitrogen and oxygen atoms in total. The van der Waals surface area contributed by atoms with Crippen molar-refractivity contribution in [2.75, 3.05) is 5.32 Å². The van der Waals surface area contributed by atoms with E-state index in [4.69, 9.17) is 21.1 Å². The van der Waals surface area contributed by atoms with Crippen LogP contribution in [-0.2, 0) is 10.9 Å². The number of rotatable bonds is 3. The standard InChI is InChI=1S/C17H15BrClF3N2O3/c1-16(2,3)27-15(25)23-12-8-9(4-5-10(12)17(20,21)22)26-14-11(18)6-7-13(19)24-14/h4-8H,1-3H3,(H,23,25). The summed E-state index contributed by atoms with van der Waals surface area (Å²) in [6.45, 7) is 4.79. The number of benzene rings is 1. The molecule has 0 radical (unpaired) electrons. The topological polar surface area (TPSA) is 60.5 Å². The van der Waals surface area contributed by atoms with Crippen molar-refractivity contribution in [2.24, 2.45) is 0 Å². The van der Waals surface area contributed by atoms with E-state index in [0.717, 1.165) is 18.2 Å². The summed E-state index contributed by atoms with van der Waals surface area (Å²) in [6.07, 6.45) is -5.70. The molecule has 146 valence electrons. The second-order valence-electron chi connectivity index (χ2n) is 6.36. The van der Waals surface area contributed by atoms with Crippen LogP contribution < -0.4 is 10.1 Å². The lowest BCUT2D eigenvalue weighted by atomic mass is 10.1. The van der Waals surface area contributed by atoms with Gasteiger partial charge >= 0.3 is 12.3 Å². The predicted molar refractivity (Wildman–Crippen MR) is 98.3 cm³/mol. The summed E-state index contributed by atoms with van der Waals surface area (Å²) in [7, 11) is 0. The van der Waals surface area contributed by atoms with E-state index in [2.05, 4.69) is 26.2 Å². The van der Waals surface area contributed by atoms with Crippen LogP contribution in [0.5, 0.6) is 11.6 Å². The van der Waals surface area contributed by atoms with E-state index in [1.165, 1.54) is 6.07 Å². The Labute approximate surface area is 167 Å². The third kappa shape index (κ3) is 6.28. The molecule has 0 saturated heterocycles. The maximum Gasteiger partial charge on any atom is 0.418 e. The Morgan fingerprint density at radius 1 is 1.19 bits per heavy atom. The first-order valence-electron chi connectivity index (χ1n) is 7.56. The lowest BCUT2D eigenvalue weighted by Crippen LogP contribution is -2.28. The van der Waals surface area contributed by atoms with E-state index >= 15 is 0 Å². The van der Waals surface area contributed by atoms with E-state index in [-0.39, 0.29) is 16.8 Å². The molecule has 0 aliphatic heterocycles. The highest BCUT2D eigenvalue weighted by Gasteiger charge is 2.34. The molecular formula is C17H15BrClF3N2O3. The lowest BCUT2D eigenvalue weighted by Gasteiger charge is -2.21. The fourth-order valence-electron chi connectivity index (χ4n) is 1.94. The van der Waals surface area contributed by atoms with E-state index in [1.54, 1.807) is 26.8 Å². The van der Waals surface area contributed by atoms with E-state index < -0.39 is 29.1 Å². The van der Waals surface area contributed by atoms with Gasteiger partial charge in [-0.05, 0) is 61.0 Å². The predicted octanol–water partition coefficient (Wildman–Crippen LogP) is 6.66. The number of hydrogen-bond donors (Lipinski definition) is 1. The summed E-state index contributed by atoms with van der Waals surface area (Å²) >= 11 is 9.01. The Hall–Kier alpha value is -2.00. The van der Waals surface area contributed by atoms with Crippen molar-refractivity contribution in [2.45, 2.75) is 32.5 Å². The zero-order chi connectivity index (χ0) is 20.4. The Morgan fingerprint density at radius 2 is 1.85 bits per heavy atom. The minimum absolute atomic E-state index is 0.0181. The number of carbonyl (C=O) groups is 1. The number of halogens is 5. The van der Waals surface area contributed by atoms with Crippen molar-refractivity contribution in [3.8, 4) is 11.6 Å². The van der Waals surface area contributed by atoms with Gasteiger partial charge in [0.25, 0.3) is 0 Å². The molecule has 2 rings (SSSR count). The third-order valence-electron chi connectivity index (χ3n) is 2.93. The van der Waals surface area contributed by atoms with E-state index in [9.17, 15) is 18.0 Å². The zero-order valence-corrected chi connectivity index (χ0v) is 16.8. The number of aromatic nitrogens is 1. The van der Waals surface area contributed by atoms with Gasteiger partial charge in [0.1, 0.15) is 16.5 Å². The van der Waals surface area contributed by atoms with Crippen molar-refractivity contribution in [3.05, 3.63) is 45.5 Å². The minimum atomic E-state index is -4.68. The Balaban J connectivity index is 2.36. The third-order valence-corrected chi connectivity index (χ3v) is 3.74. The van der Waals surface area contributed by atoms with Crippen molar-refractivity contribution >= 4 is 39.3 Å². The molecule has 0 atom stereocenters. The van der Waals surface area contributed by atoms with Crippen LogP contribution in [0.15, 0.2) is 34.8 Å². The van der Waals surface area contributed by atoms with Crippen LogP contribution in [0.25, 0.3) is 0 Å². The van der Waals surface area contributed by atoms with Crippen molar-refractivity contribution < 1.29 is 27.4 Å². The maximum absolute atomic E-state index is 13.2. The molecule has 0 fully saturated rings. The fraction of sp³-hybridized carbons (Fsp3) is 0.294. The van der Waals surface area contributed by atoms with Gasteiger partial charge in [-0.15, -0.1) is 0 Å². The number of alkyl halides is 3. The molecule has 1 aromatic carbocycles. The monoisotopic (exact) mass is 466 g/mol. The second kappa shape index (κ2) is 7.93. The van der Waals surface area contributed by atoms with Gasteiger partial charge in [0.2, 0.25) is 5.88 Å². The quantitative estimate of drug-likeness (QED) is 0.513. The number of pyridine rings is 1. The molecule has 1 heterocycles. The van der Waals surface area contributed by atoms with Crippen molar-refractivity contribution in [1.29, 1.82) is 0 Å². The van der Waals surface area contributed by atoms with Gasteiger partial charge in [0, 0.05) is 6.07 Å². The van der Waals surface area contributed by atoms with Crippen molar-refractivity contribution in [1.82, 2.24) is 4.98 Å². The molecule has 1 amide bonds. The first kappa shape index (κ1) is 21.3. The molecule has 1 aromatic heterocycles. The molecule has 2 aromatic rings. The molecule has 0 aliphatic rings. The van der Waals surface area contributed by atoms with Crippen LogP contribution in [0.3, 0.4) is 0 Å². The highest BCUT2D eigenvalue weighted by atomic mass is 79.9. The van der Waals surface area contributed by atoms with Gasteiger partial charge in [0.05, 0.1) is 15.7 Å². The average molecular weight is 468 g/mol. The highest BCUT2D eigenvalue weighted by Crippen LogP contribution is 2.38. The molecular weight excluding hydrogens is 453 g/mol. The van der Waals surface area contributed by atoms with Crippen LogP contribution in [0.4, 0.5) is 23.7 Å². The summed E-state index contributed by atoms with van der Waals surface area (Å²) in [5.74, 6) is 0.0787. The minimum Gasteiger partial charge on any atom is -0.444 e. The van der Waals surface area contributed by atoms with Gasteiger partial charge in [0.15, 0.2) is 0 Å². The molecule has 0 spiro atoms. The number of carbonyl (C=O) groups excluding carboxylic acids is 1. The molecule has 10 heteroatoms. The molecule has 0 unspecified atom stereocenters. The maximum atomic E-state index is 13.2. The van der Waals surface area contributed by atoms with Gasteiger partial charge in [-0.3, -0.25) is 5.32 Å². The van der Waals surface area contributed by atoms with Crippen LogP contribution in [0.2, 0.25) is 5.15 Å². The Morgan fingerprint density at radius 3 is 2.44 bits per heavy atom. The SMILES string of the molecule is CC(C)(C)OC(=O)Nc1cc(Oc2nc(Cl)ccc2Br)ccc1C(F)(F)F. The van der Waals surface area contributed by atoms with Crippen LogP contribution in [0, 0.1) is 0 Å². The Bertz CT molecular complexity index is 854. The summed E-state index contributed by atoms with van der Waals surface area (Å²) in [6, 6.07) is 6.02. The fourth-order valence-corrected chi connectivity index (χ4v) is 2.38. The summed E-state index contributed by atoms with van der Waals surface area (Å²) in [5.41, 5.74) is -2.42. The number of nitrogens with one attached hydrogen (secondary N) is 1. The van der Waals surface area contributed by atoms with Crippen molar-refractivity contribution in [3.63, 3.8) is 0 Å². The molecule has 27 heavy (non-hydrogen) atoms. The zero-order valence-electron chi connectivity index (χ0n) is 14.4. The summed E-state index contributed by atoms with van der Waals surface area (Å²) in [5, 5.41) is 2.25. The van der Waals surface area contributed by atoms with E-state index in [0.29, 0.717) is 4.47 Å². The average Bonchev–Trinajstić information content (AvgIpc) is 2.48. The van der Waals surface area contributed by atoms with Gasteiger partial charge in [-0.1, -0.05) is 11.6 Å². The molecule has 0 saturated carbocycles. The first-order valence-corrected chi connectivity index (χ1v) is 8.73. The largest absolute Gasteiger partial charge is 0.444 e. The molecule has 0 aliphatic carbocycles. The molecule has 0 bridgehead atoms. The van der Waals surface area contributed by atoms with Crippen LogP contribution in [0.1, 0.15) is 26.3 Å². The van der Waals surface area contributed by atoms with Crippen LogP contribution >= 0.6 is 27.5 Å². The smallest absolute Gasteiger partial charge is 0.418 e. The van der Waals surface area contributed by atoms with Gasteiger partial charge in [-0.25, -0.2) is 9.78 Å². The number of nitrogens with zero attached hydrogens (tertiary/aromatic N) is 1. The lowest BCUT2D eigenvalue weighted by molar-refractivity contribution is -0.136. The van der Waals surface area contributed by atoms with E-state index in [1.807, 2.05) is 0 Å². The second-order valence-corrected chi connectivity index (χ2v) is 7.60. The van der Waals surface area contributed by atoms with Gasteiger partial charge in [-0.2, -0.15) is 13.2 Å². The Kier molecular flexibility index (Phi) is 6.26.